The van der Waals surface area contributed by atoms with Crippen molar-refractivity contribution in [2.45, 2.75) is 0 Å². The topological polar surface area (TPSA) is 48.8 Å². The first kappa shape index (κ1) is 11.1. The maximum atomic E-state index is 13.0. The van der Waals surface area contributed by atoms with Crippen molar-refractivity contribution in [1.29, 1.82) is 0 Å². The summed E-state index contributed by atoms with van der Waals surface area (Å²) in [5.41, 5.74) is 6.76. The number of azide groups is 1. The van der Waals surface area contributed by atoms with E-state index < -0.39 is 32.5 Å². The molecule has 14 heavy (non-hydrogen) atoms. The van der Waals surface area contributed by atoms with Gasteiger partial charge in [0.2, 0.25) is 0 Å². The van der Waals surface area contributed by atoms with Gasteiger partial charge in [-0.1, -0.05) is 5.11 Å². The van der Waals surface area contributed by atoms with E-state index in [1.165, 1.54) is 0 Å². The van der Waals surface area contributed by atoms with Crippen LogP contribution in [0.25, 0.3) is 10.4 Å². The highest BCUT2D eigenvalue weighted by molar-refractivity contribution is 14.1. The molecule has 0 atom stereocenters. The zero-order valence-electron chi connectivity index (χ0n) is 6.23. The fourth-order valence-corrected chi connectivity index (χ4v) is 1.22. The van der Waals surface area contributed by atoms with Crippen LogP contribution in [0.1, 0.15) is 0 Å². The molecule has 8 heteroatoms. The molecule has 0 spiro atoms. The lowest BCUT2D eigenvalue weighted by Crippen LogP contribution is -1.99. The Bertz CT molecular complexity index is 412. The molecule has 0 bridgehead atoms. The van der Waals surface area contributed by atoms with Crippen LogP contribution in [-0.2, 0) is 0 Å². The van der Waals surface area contributed by atoms with Crippen LogP contribution in [0.3, 0.4) is 0 Å². The summed E-state index contributed by atoms with van der Waals surface area (Å²) in [5, 5.41) is 2.59. The monoisotopic (exact) mass is 317 g/mol. The quantitative estimate of drug-likeness (QED) is 0.144. The molecule has 0 aliphatic heterocycles. The normalized spacial score (nSPS) is 9.79. The van der Waals surface area contributed by atoms with Gasteiger partial charge in [-0.05, 0) is 28.1 Å². The van der Waals surface area contributed by atoms with Gasteiger partial charge in [0.15, 0.2) is 23.3 Å². The number of nitrogens with zero attached hydrogens (tertiary/aromatic N) is 3. The van der Waals surface area contributed by atoms with E-state index in [1.54, 1.807) is 0 Å². The Labute approximate surface area is 88.5 Å². The summed E-state index contributed by atoms with van der Waals surface area (Å²) in [4.78, 5) is 2.09. The van der Waals surface area contributed by atoms with E-state index in [2.05, 4.69) is 10.0 Å². The molecule has 0 radical (unpaired) electrons. The Morgan fingerprint density at radius 1 is 1.00 bits per heavy atom. The average molecular weight is 317 g/mol. The molecule has 3 nitrogen and oxygen atoms in total. The van der Waals surface area contributed by atoms with Gasteiger partial charge in [0, 0.05) is 4.91 Å². The van der Waals surface area contributed by atoms with Gasteiger partial charge in [0.25, 0.3) is 0 Å². The van der Waals surface area contributed by atoms with Crippen LogP contribution in [0.5, 0.6) is 0 Å². The third-order valence-electron chi connectivity index (χ3n) is 1.33. The minimum atomic E-state index is -1.86. The van der Waals surface area contributed by atoms with E-state index in [-0.39, 0.29) is 0 Å². The summed E-state index contributed by atoms with van der Waals surface area (Å²) in [6.07, 6.45) is 0. The molecule has 74 valence electrons. The van der Waals surface area contributed by atoms with Gasteiger partial charge >= 0.3 is 0 Å². The predicted molar refractivity (Wildman–Crippen MR) is 47.8 cm³/mol. The molecule has 1 aromatic carbocycles. The van der Waals surface area contributed by atoms with Gasteiger partial charge in [-0.3, -0.25) is 0 Å². The third-order valence-corrected chi connectivity index (χ3v) is 2.28. The molecule has 1 rings (SSSR count). The number of hydrogen-bond donors (Lipinski definition) is 0. The summed E-state index contributed by atoms with van der Waals surface area (Å²) < 4.78 is 50.3. The van der Waals surface area contributed by atoms with Crippen LogP contribution in [0, 0.1) is 26.8 Å². The van der Waals surface area contributed by atoms with Crippen molar-refractivity contribution in [1.82, 2.24) is 0 Å². The predicted octanol–water partition coefficient (Wildman–Crippen LogP) is 3.79. The van der Waals surface area contributed by atoms with Gasteiger partial charge in [-0.15, -0.1) is 0 Å². The fraction of sp³-hybridized carbons (Fsp3) is 0. The van der Waals surface area contributed by atoms with Crippen LogP contribution in [0.15, 0.2) is 5.11 Å². The summed E-state index contributed by atoms with van der Waals surface area (Å²) >= 11 is 1.14. The van der Waals surface area contributed by atoms with Crippen LogP contribution >= 0.6 is 22.6 Å². The van der Waals surface area contributed by atoms with Gasteiger partial charge in [0.1, 0.15) is 5.69 Å². The number of benzene rings is 1. The summed E-state index contributed by atoms with van der Waals surface area (Å²) in [7, 11) is 0. The van der Waals surface area contributed by atoms with Gasteiger partial charge in [0.05, 0.1) is 3.57 Å². The van der Waals surface area contributed by atoms with Gasteiger partial charge in [-0.25, -0.2) is 17.6 Å². The van der Waals surface area contributed by atoms with E-state index in [4.69, 9.17) is 5.53 Å². The number of rotatable bonds is 1. The first-order chi connectivity index (χ1) is 6.50. The maximum Gasteiger partial charge on any atom is 0.196 e. The molecule has 0 aromatic heterocycles. The lowest BCUT2D eigenvalue weighted by atomic mass is 10.3. The second-order valence-corrected chi connectivity index (χ2v) is 3.19. The van der Waals surface area contributed by atoms with Gasteiger partial charge in [-0.2, -0.15) is 0 Å². The molecule has 1 aromatic rings. The second kappa shape index (κ2) is 4.01. The van der Waals surface area contributed by atoms with E-state index in [0.29, 0.717) is 0 Å². The highest BCUT2D eigenvalue weighted by atomic mass is 127. The van der Waals surface area contributed by atoms with Crippen molar-refractivity contribution in [2.75, 3.05) is 0 Å². The van der Waals surface area contributed by atoms with E-state index in [0.717, 1.165) is 22.6 Å². The van der Waals surface area contributed by atoms with Crippen molar-refractivity contribution in [3.05, 3.63) is 37.3 Å². The molecule has 0 heterocycles. The fourth-order valence-electron chi connectivity index (χ4n) is 0.726. The Kier molecular flexibility index (Phi) is 3.17. The molecule has 0 saturated carbocycles. The molecular formula is C6F4IN3. The van der Waals surface area contributed by atoms with Crippen LogP contribution < -0.4 is 0 Å². The van der Waals surface area contributed by atoms with E-state index >= 15 is 0 Å². The van der Waals surface area contributed by atoms with Crippen molar-refractivity contribution < 1.29 is 17.6 Å². The van der Waals surface area contributed by atoms with Gasteiger partial charge < -0.3 is 0 Å². The molecule has 0 saturated heterocycles. The largest absolute Gasteiger partial charge is 0.205 e. The summed E-state index contributed by atoms with van der Waals surface area (Å²) in [5.74, 6) is -6.76. The summed E-state index contributed by atoms with van der Waals surface area (Å²) in [6, 6.07) is 0. The molecule has 0 aliphatic rings. The van der Waals surface area contributed by atoms with Crippen molar-refractivity contribution in [2.24, 2.45) is 5.11 Å². The standard InChI is InChI=1S/C6F4IN3/c7-1-2(8)5(11)4(10)6(3(1)9)13-14-12. The SMILES string of the molecule is [N-]=[N+]=Nc1c(F)c(F)c(F)c(I)c1F. The number of halogens is 5. The molecule has 0 fully saturated rings. The Morgan fingerprint density at radius 3 is 2.07 bits per heavy atom. The second-order valence-electron chi connectivity index (χ2n) is 2.11. The number of hydrogen-bond acceptors (Lipinski definition) is 1. The molecule has 0 N–H and O–H groups in total. The van der Waals surface area contributed by atoms with E-state index in [9.17, 15) is 17.6 Å². The highest BCUT2D eigenvalue weighted by Crippen LogP contribution is 2.31. The third kappa shape index (κ3) is 1.62. The first-order valence-electron chi connectivity index (χ1n) is 3.07. The Hall–Kier alpha value is -1.02. The maximum absolute atomic E-state index is 13.0. The zero-order valence-corrected chi connectivity index (χ0v) is 8.39. The highest BCUT2D eigenvalue weighted by Gasteiger charge is 2.22. The molecular weight excluding hydrogens is 317 g/mol. The lowest BCUT2D eigenvalue weighted by Gasteiger charge is -2.03. The molecule has 0 amide bonds. The average Bonchev–Trinajstić information content (AvgIpc) is 2.19. The molecule has 0 aliphatic carbocycles. The first-order valence-corrected chi connectivity index (χ1v) is 4.15. The zero-order chi connectivity index (χ0) is 10.9. The minimum absolute atomic E-state index is 0.760. The Balaban J connectivity index is 3.67. The summed E-state index contributed by atoms with van der Waals surface area (Å²) in [6.45, 7) is 0. The van der Waals surface area contributed by atoms with Crippen molar-refractivity contribution in [3.8, 4) is 0 Å². The Morgan fingerprint density at radius 2 is 1.57 bits per heavy atom. The van der Waals surface area contributed by atoms with Crippen LogP contribution in [-0.4, -0.2) is 0 Å². The van der Waals surface area contributed by atoms with Crippen molar-refractivity contribution in [3.63, 3.8) is 0 Å². The van der Waals surface area contributed by atoms with E-state index in [1.807, 2.05) is 0 Å². The lowest BCUT2D eigenvalue weighted by molar-refractivity contribution is 0.431. The van der Waals surface area contributed by atoms with Crippen LogP contribution in [0.2, 0.25) is 0 Å². The van der Waals surface area contributed by atoms with Crippen molar-refractivity contribution >= 4 is 28.3 Å². The minimum Gasteiger partial charge on any atom is -0.205 e. The van der Waals surface area contributed by atoms with Crippen LogP contribution in [0.4, 0.5) is 23.2 Å². The smallest absolute Gasteiger partial charge is 0.196 e. The molecule has 0 unspecified atom stereocenters.